The van der Waals surface area contributed by atoms with Crippen LogP contribution in [0, 0.1) is 0 Å². The SMILES string of the molecule is CCCCCCCCCCCC(=O)O[C@@H](CCCCCCCCCCC)CC(=O)O. The van der Waals surface area contributed by atoms with E-state index in [0.29, 0.717) is 12.8 Å². The van der Waals surface area contributed by atoms with Gasteiger partial charge in [-0.3, -0.25) is 9.59 Å². The summed E-state index contributed by atoms with van der Waals surface area (Å²) in [5.41, 5.74) is 0. The Kier molecular flexibility index (Phi) is 21.8. The summed E-state index contributed by atoms with van der Waals surface area (Å²) in [6.45, 7) is 4.47. The molecule has 0 aliphatic rings. The van der Waals surface area contributed by atoms with Crippen LogP contribution in [0.3, 0.4) is 0 Å². The van der Waals surface area contributed by atoms with Gasteiger partial charge in [0.15, 0.2) is 0 Å². The molecule has 0 aromatic heterocycles. The Bertz CT molecular complexity index is 394. The molecule has 0 amide bonds. The van der Waals surface area contributed by atoms with Gasteiger partial charge in [-0.2, -0.15) is 0 Å². The number of carbonyl (C=O) groups is 2. The van der Waals surface area contributed by atoms with E-state index in [1.807, 2.05) is 0 Å². The lowest BCUT2D eigenvalue weighted by atomic mass is 10.0. The summed E-state index contributed by atoms with van der Waals surface area (Å²) in [7, 11) is 0. The topological polar surface area (TPSA) is 63.6 Å². The van der Waals surface area contributed by atoms with E-state index in [2.05, 4.69) is 13.8 Å². The van der Waals surface area contributed by atoms with E-state index in [1.165, 1.54) is 89.9 Å². The predicted molar refractivity (Wildman–Crippen MR) is 126 cm³/mol. The van der Waals surface area contributed by atoms with Crippen molar-refractivity contribution in [3.05, 3.63) is 0 Å². The summed E-state index contributed by atoms with van der Waals surface area (Å²) >= 11 is 0. The third kappa shape index (κ3) is 21.6. The van der Waals surface area contributed by atoms with Crippen molar-refractivity contribution in [1.29, 1.82) is 0 Å². The van der Waals surface area contributed by atoms with E-state index < -0.39 is 12.1 Å². The highest BCUT2D eigenvalue weighted by atomic mass is 16.5. The van der Waals surface area contributed by atoms with Gasteiger partial charge in [0.1, 0.15) is 6.10 Å². The quantitative estimate of drug-likeness (QED) is 0.132. The monoisotopic (exact) mass is 426 g/mol. The first-order valence-corrected chi connectivity index (χ1v) is 13.0. The van der Waals surface area contributed by atoms with Gasteiger partial charge in [-0.1, -0.05) is 117 Å². The summed E-state index contributed by atoms with van der Waals surface area (Å²) in [4.78, 5) is 23.2. The second-order valence-corrected chi connectivity index (χ2v) is 8.91. The number of aliphatic carboxylic acids is 1. The average molecular weight is 427 g/mol. The zero-order valence-corrected chi connectivity index (χ0v) is 20.1. The van der Waals surface area contributed by atoms with Crippen LogP contribution >= 0.6 is 0 Å². The largest absolute Gasteiger partial charge is 0.481 e. The first-order valence-electron chi connectivity index (χ1n) is 13.0. The molecule has 0 heterocycles. The van der Waals surface area contributed by atoms with Crippen LogP contribution in [0.2, 0.25) is 0 Å². The third-order valence-electron chi connectivity index (χ3n) is 5.81. The third-order valence-corrected chi connectivity index (χ3v) is 5.81. The van der Waals surface area contributed by atoms with Crippen molar-refractivity contribution in [1.82, 2.24) is 0 Å². The molecule has 4 heteroatoms. The molecule has 0 saturated heterocycles. The van der Waals surface area contributed by atoms with E-state index in [0.717, 1.165) is 25.7 Å². The molecule has 0 aliphatic carbocycles. The van der Waals surface area contributed by atoms with Crippen molar-refractivity contribution in [3.63, 3.8) is 0 Å². The second-order valence-electron chi connectivity index (χ2n) is 8.91. The minimum atomic E-state index is -0.883. The summed E-state index contributed by atoms with van der Waals surface area (Å²) in [6, 6.07) is 0. The average Bonchev–Trinajstić information content (AvgIpc) is 2.70. The molecule has 0 fully saturated rings. The van der Waals surface area contributed by atoms with E-state index in [-0.39, 0.29) is 12.4 Å². The van der Waals surface area contributed by atoms with Crippen LogP contribution in [0.25, 0.3) is 0 Å². The molecule has 0 aliphatic heterocycles. The van der Waals surface area contributed by atoms with Crippen LogP contribution in [-0.2, 0) is 14.3 Å². The molecule has 0 radical (unpaired) electrons. The van der Waals surface area contributed by atoms with E-state index in [4.69, 9.17) is 9.84 Å². The second kappa shape index (κ2) is 22.6. The minimum Gasteiger partial charge on any atom is -0.481 e. The lowest BCUT2D eigenvalue weighted by molar-refractivity contribution is -0.153. The van der Waals surface area contributed by atoms with Crippen molar-refractivity contribution in [2.24, 2.45) is 0 Å². The molecule has 0 saturated carbocycles. The number of rotatable bonds is 23. The Labute approximate surface area is 186 Å². The maximum Gasteiger partial charge on any atom is 0.307 e. The number of carbonyl (C=O) groups excluding carboxylic acids is 1. The molecule has 0 unspecified atom stereocenters. The first-order chi connectivity index (χ1) is 14.6. The molecule has 4 nitrogen and oxygen atoms in total. The fourth-order valence-electron chi connectivity index (χ4n) is 3.90. The summed E-state index contributed by atoms with van der Waals surface area (Å²) in [6.07, 6.45) is 22.5. The van der Waals surface area contributed by atoms with Crippen molar-refractivity contribution in [2.45, 2.75) is 155 Å². The molecule has 30 heavy (non-hydrogen) atoms. The van der Waals surface area contributed by atoms with Crippen molar-refractivity contribution >= 4 is 11.9 Å². The Hall–Kier alpha value is -1.06. The molecule has 0 spiro atoms. The zero-order valence-electron chi connectivity index (χ0n) is 20.1. The zero-order chi connectivity index (χ0) is 22.3. The lowest BCUT2D eigenvalue weighted by Gasteiger charge is -2.16. The summed E-state index contributed by atoms with van der Waals surface area (Å²) < 4.78 is 5.49. The van der Waals surface area contributed by atoms with Gasteiger partial charge in [0.25, 0.3) is 0 Å². The van der Waals surface area contributed by atoms with E-state index in [1.54, 1.807) is 0 Å². The number of hydrogen-bond donors (Lipinski definition) is 1. The standard InChI is InChI=1S/C26H50O4/c1-3-5-7-9-11-13-15-17-19-21-24(23-25(27)28)30-26(29)22-20-18-16-14-12-10-8-6-4-2/h24H,3-23H2,1-2H3,(H,27,28)/t24-/m0/s1. The van der Waals surface area contributed by atoms with Crippen LogP contribution in [0.15, 0.2) is 0 Å². The van der Waals surface area contributed by atoms with Crippen LogP contribution in [-0.4, -0.2) is 23.1 Å². The fourth-order valence-corrected chi connectivity index (χ4v) is 3.90. The van der Waals surface area contributed by atoms with Crippen molar-refractivity contribution in [3.8, 4) is 0 Å². The van der Waals surface area contributed by atoms with Crippen LogP contribution < -0.4 is 0 Å². The predicted octanol–water partition coefficient (Wildman–Crippen LogP) is 8.21. The van der Waals surface area contributed by atoms with E-state index in [9.17, 15) is 9.59 Å². The van der Waals surface area contributed by atoms with Gasteiger partial charge >= 0.3 is 11.9 Å². The van der Waals surface area contributed by atoms with Gasteiger partial charge in [-0.15, -0.1) is 0 Å². The van der Waals surface area contributed by atoms with Crippen LogP contribution in [0.5, 0.6) is 0 Å². The maximum atomic E-state index is 12.1. The maximum absolute atomic E-state index is 12.1. The highest BCUT2D eigenvalue weighted by Crippen LogP contribution is 2.16. The lowest BCUT2D eigenvalue weighted by Crippen LogP contribution is -2.21. The minimum absolute atomic E-state index is 0.0689. The molecular formula is C26H50O4. The molecule has 0 aromatic rings. The number of ether oxygens (including phenoxy) is 1. The van der Waals surface area contributed by atoms with Gasteiger partial charge in [0, 0.05) is 6.42 Å². The Morgan fingerprint density at radius 2 is 1.03 bits per heavy atom. The molecule has 0 rings (SSSR count). The molecule has 0 bridgehead atoms. The van der Waals surface area contributed by atoms with Gasteiger partial charge in [-0.05, 0) is 19.3 Å². The molecule has 178 valence electrons. The molecule has 0 aromatic carbocycles. The first kappa shape index (κ1) is 28.9. The summed E-state index contributed by atoms with van der Waals surface area (Å²) in [5, 5.41) is 9.10. The molecular weight excluding hydrogens is 376 g/mol. The number of hydrogen-bond acceptors (Lipinski definition) is 3. The number of esters is 1. The normalized spacial score (nSPS) is 12.1. The van der Waals surface area contributed by atoms with Gasteiger partial charge in [-0.25, -0.2) is 0 Å². The highest BCUT2D eigenvalue weighted by Gasteiger charge is 2.17. The van der Waals surface area contributed by atoms with Gasteiger partial charge in [0.05, 0.1) is 6.42 Å². The highest BCUT2D eigenvalue weighted by molar-refractivity contribution is 5.71. The molecule has 1 N–H and O–H groups in total. The number of unbranched alkanes of at least 4 members (excludes halogenated alkanes) is 16. The number of carboxylic acids is 1. The number of carboxylic acid groups (broad SMARTS) is 1. The summed E-state index contributed by atoms with van der Waals surface area (Å²) in [5.74, 6) is -1.10. The Morgan fingerprint density at radius 1 is 0.633 bits per heavy atom. The Balaban J connectivity index is 3.75. The van der Waals surface area contributed by atoms with Gasteiger partial charge in [0.2, 0.25) is 0 Å². The van der Waals surface area contributed by atoms with Crippen LogP contribution in [0.1, 0.15) is 149 Å². The fraction of sp³-hybridized carbons (Fsp3) is 0.923. The van der Waals surface area contributed by atoms with Crippen molar-refractivity contribution < 1.29 is 19.4 Å². The molecule has 1 atom stereocenters. The Morgan fingerprint density at radius 3 is 1.47 bits per heavy atom. The van der Waals surface area contributed by atoms with Crippen LogP contribution in [0.4, 0.5) is 0 Å². The smallest absolute Gasteiger partial charge is 0.307 e. The van der Waals surface area contributed by atoms with Crippen molar-refractivity contribution in [2.75, 3.05) is 0 Å². The van der Waals surface area contributed by atoms with E-state index >= 15 is 0 Å². The van der Waals surface area contributed by atoms with Gasteiger partial charge < -0.3 is 9.84 Å².